The topological polar surface area (TPSA) is 66.6 Å². The Balaban J connectivity index is 2.58. The van der Waals surface area contributed by atoms with Gasteiger partial charge in [-0.3, -0.25) is 0 Å². The van der Waals surface area contributed by atoms with Crippen molar-refractivity contribution in [2.75, 3.05) is 27.2 Å². The molecule has 1 fully saturated rings. The summed E-state index contributed by atoms with van der Waals surface area (Å²) in [6.07, 6.45) is 0.865. The van der Waals surface area contributed by atoms with Crippen LogP contribution >= 0.6 is 0 Å². The highest BCUT2D eigenvalue weighted by Gasteiger charge is 2.29. The van der Waals surface area contributed by atoms with E-state index in [0.717, 1.165) is 6.42 Å². The van der Waals surface area contributed by atoms with Gasteiger partial charge in [0.1, 0.15) is 0 Å². The fourth-order valence-corrected chi connectivity index (χ4v) is 2.10. The van der Waals surface area contributed by atoms with Crippen LogP contribution in [0.15, 0.2) is 0 Å². The maximum atomic E-state index is 10.9. The van der Waals surface area contributed by atoms with Crippen molar-refractivity contribution < 1.29 is 8.42 Å². The minimum absolute atomic E-state index is 0.309. The molecule has 5 nitrogen and oxygen atoms in total. The predicted octanol–water partition coefficient (Wildman–Crippen LogP) is -1.17. The largest absolute Gasteiger partial charge is 0.305 e. The molecule has 12 heavy (non-hydrogen) atoms. The van der Waals surface area contributed by atoms with Gasteiger partial charge < -0.3 is 4.90 Å². The first-order valence-corrected chi connectivity index (χ1v) is 5.36. The van der Waals surface area contributed by atoms with Crippen molar-refractivity contribution in [1.29, 1.82) is 0 Å². The van der Waals surface area contributed by atoms with E-state index in [4.69, 9.17) is 5.14 Å². The monoisotopic (exact) mass is 193 g/mol. The molecule has 0 aromatic carbocycles. The van der Waals surface area contributed by atoms with Gasteiger partial charge in [0.2, 0.25) is 0 Å². The lowest BCUT2D eigenvalue weighted by Gasteiger charge is -2.18. The van der Waals surface area contributed by atoms with E-state index in [2.05, 4.69) is 0 Å². The summed E-state index contributed by atoms with van der Waals surface area (Å²) in [6.45, 7) is 1.06. The first kappa shape index (κ1) is 9.91. The molecule has 0 aromatic heterocycles. The highest BCUT2D eigenvalue weighted by molar-refractivity contribution is 7.86. The number of likely N-dealkylation sites (N-methyl/N-ethyl adjacent to an activating group) is 1. The predicted molar refractivity (Wildman–Crippen MR) is 46.8 cm³/mol. The van der Waals surface area contributed by atoms with Crippen LogP contribution in [0.25, 0.3) is 0 Å². The van der Waals surface area contributed by atoms with E-state index in [1.165, 1.54) is 4.31 Å². The van der Waals surface area contributed by atoms with Gasteiger partial charge in [-0.2, -0.15) is 12.7 Å². The molecule has 0 bridgehead atoms. The third-order valence-corrected chi connectivity index (χ3v) is 3.27. The number of rotatable bonds is 2. The van der Waals surface area contributed by atoms with Crippen LogP contribution in [-0.2, 0) is 10.2 Å². The number of nitrogens with two attached hydrogens (primary N) is 1. The average Bonchev–Trinajstić information content (AvgIpc) is 2.30. The molecule has 0 radical (unpaired) electrons. The molecule has 0 aliphatic carbocycles. The molecule has 2 N–H and O–H groups in total. The van der Waals surface area contributed by atoms with Gasteiger partial charge in [-0.05, 0) is 20.5 Å². The smallest absolute Gasteiger partial charge is 0.276 e. The fourth-order valence-electron chi connectivity index (χ4n) is 1.36. The summed E-state index contributed by atoms with van der Waals surface area (Å²) in [5, 5.41) is 4.98. The summed E-state index contributed by atoms with van der Waals surface area (Å²) in [4.78, 5) is 2.02. The Hall–Kier alpha value is -0.170. The van der Waals surface area contributed by atoms with Crippen molar-refractivity contribution >= 4 is 10.2 Å². The molecule has 0 saturated carbocycles. The SMILES string of the molecule is CN(C)C1CCN(S(N)(=O)=O)C1. The molecule has 1 rings (SSSR count). The summed E-state index contributed by atoms with van der Waals surface area (Å²) in [7, 11) is 0.421. The zero-order chi connectivity index (χ0) is 9.35. The molecule has 0 aromatic rings. The number of hydrogen-bond donors (Lipinski definition) is 1. The minimum atomic E-state index is -3.46. The molecule has 1 unspecified atom stereocenters. The Morgan fingerprint density at radius 2 is 2.08 bits per heavy atom. The molecule has 1 aliphatic heterocycles. The molecule has 1 saturated heterocycles. The van der Waals surface area contributed by atoms with E-state index < -0.39 is 10.2 Å². The van der Waals surface area contributed by atoms with Crippen molar-refractivity contribution in [3.8, 4) is 0 Å². The van der Waals surface area contributed by atoms with Gasteiger partial charge in [-0.25, -0.2) is 5.14 Å². The Morgan fingerprint density at radius 3 is 2.33 bits per heavy atom. The zero-order valence-electron chi connectivity index (χ0n) is 7.40. The third kappa shape index (κ3) is 2.16. The molecular weight excluding hydrogens is 178 g/mol. The molecule has 6 heteroatoms. The standard InChI is InChI=1S/C6H15N3O2S/c1-8(2)6-3-4-9(5-6)12(7,10)11/h6H,3-5H2,1-2H3,(H2,7,10,11). The van der Waals surface area contributed by atoms with Crippen LogP contribution < -0.4 is 5.14 Å². The van der Waals surface area contributed by atoms with E-state index >= 15 is 0 Å². The molecule has 1 heterocycles. The van der Waals surface area contributed by atoms with Gasteiger partial charge in [0.25, 0.3) is 10.2 Å². The van der Waals surface area contributed by atoms with Crippen LogP contribution in [0.5, 0.6) is 0 Å². The Labute approximate surface area is 73.3 Å². The van der Waals surface area contributed by atoms with Gasteiger partial charge >= 0.3 is 0 Å². The highest BCUT2D eigenvalue weighted by Crippen LogP contribution is 2.14. The van der Waals surface area contributed by atoms with E-state index in [-0.39, 0.29) is 0 Å². The highest BCUT2D eigenvalue weighted by atomic mass is 32.2. The van der Waals surface area contributed by atoms with Crippen LogP contribution in [0.1, 0.15) is 6.42 Å². The Kier molecular flexibility index (Phi) is 2.72. The minimum Gasteiger partial charge on any atom is -0.305 e. The van der Waals surface area contributed by atoms with Gasteiger partial charge in [0, 0.05) is 19.1 Å². The quantitative estimate of drug-likeness (QED) is 0.600. The Morgan fingerprint density at radius 1 is 1.50 bits per heavy atom. The normalized spacial score (nSPS) is 26.8. The molecule has 1 aliphatic rings. The zero-order valence-corrected chi connectivity index (χ0v) is 8.21. The summed E-state index contributed by atoms with van der Waals surface area (Å²) >= 11 is 0. The summed E-state index contributed by atoms with van der Waals surface area (Å²) in [5.74, 6) is 0. The third-order valence-electron chi connectivity index (χ3n) is 2.22. The van der Waals surface area contributed by atoms with E-state index in [1.807, 2.05) is 19.0 Å². The first-order chi connectivity index (χ1) is 5.41. The van der Waals surface area contributed by atoms with Gasteiger partial charge in [0.15, 0.2) is 0 Å². The van der Waals surface area contributed by atoms with E-state index in [9.17, 15) is 8.42 Å². The summed E-state index contributed by atoms with van der Waals surface area (Å²) < 4.78 is 23.1. The Bertz CT molecular complexity index is 250. The van der Waals surface area contributed by atoms with Gasteiger partial charge in [-0.15, -0.1) is 0 Å². The summed E-state index contributed by atoms with van der Waals surface area (Å²) in [5.41, 5.74) is 0. The lowest BCUT2D eigenvalue weighted by molar-refractivity contribution is 0.302. The second-order valence-electron chi connectivity index (χ2n) is 3.31. The van der Waals surface area contributed by atoms with Crippen LogP contribution in [0, 0.1) is 0 Å². The maximum absolute atomic E-state index is 10.9. The molecule has 0 spiro atoms. The molecule has 0 amide bonds. The van der Waals surface area contributed by atoms with Crippen LogP contribution in [0.3, 0.4) is 0 Å². The lowest BCUT2D eigenvalue weighted by Crippen LogP contribution is -2.37. The van der Waals surface area contributed by atoms with Crippen molar-refractivity contribution in [3.63, 3.8) is 0 Å². The van der Waals surface area contributed by atoms with Crippen LogP contribution in [0.4, 0.5) is 0 Å². The van der Waals surface area contributed by atoms with Crippen molar-refractivity contribution in [2.45, 2.75) is 12.5 Å². The van der Waals surface area contributed by atoms with Gasteiger partial charge in [-0.1, -0.05) is 0 Å². The first-order valence-electron chi connectivity index (χ1n) is 3.85. The molecule has 72 valence electrons. The van der Waals surface area contributed by atoms with Crippen molar-refractivity contribution in [3.05, 3.63) is 0 Å². The van der Waals surface area contributed by atoms with Crippen molar-refractivity contribution in [1.82, 2.24) is 9.21 Å². The second kappa shape index (κ2) is 3.29. The second-order valence-corrected chi connectivity index (χ2v) is 4.86. The van der Waals surface area contributed by atoms with E-state index in [1.54, 1.807) is 0 Å². The average molecular weight is 193 g/mol. The fraction of sp³-hybridized carbons (Fsp3) is 1.00. The molecular formula is C6H15N3O2S. The lowest BCUT2D eigenvalue weighted by atomic mass is 10.2. The molecule has 1 atom stereocenters. The van der Waals surface area contributed by atoms with E-state index in [0.29, 0.717) is 19.1 Å². The maximum Gasteiger partial charge on any atom is 0.276 e. The van der Waals surface area contributed by atoms with Crippen LogP contribution in [0.2, 0.25) is 0 Å². The number of nitrogens with zero attached hydrogens (tertiary/aromatic N) is 2. The summed E-state index contributed by atoms with van der Waals surface area (Å²) in [6, 6.07) is 0.309. The number of hydrogen-bond acceptors (Lipinski definition) is 3. The van der Waals surface area contributed by atoms with Crippen molar-refractivity contribution in [2.24, 2.45) is 5.14 Å². The van der Waals surface area contributed by atoms with Gasteiger partial charge in [0.05, 0.1) is 0 Å². The van der Waals surface area contributed by atoms with Crippen LogP contribution in [-0.4, -0.2) is 50.8 Å².